The Bertz CT molecular complexity index is 762. The van der Waals surface area contributed by atoms with Crippen LogP contribution in [0.4, 0.5) is 0 Å². The molecule has 2 aromatic heterocycles. The Labute approximate surface area is 122 Å². The molecule has 0 amide bonds. The quantitative estimate of drug-likeness (QED) is 0.740. The first-order valence-electron chi connectivity index (χ1n) is 6.31. The largest absolute Gasteiger partial charge is 0.486 e. The number of nitrogens with zero attached hydrogens (tertiary/aromatic N) is 3. The molecule has 0 saturated carbocycles. The molecule has 0 atom stereocenters. The van der Waals surface area contributed by atoms with Crippen LogP contribution in [0.5, 0.6) is 5.75 Å². The summed E-state index contributed by atoms with van der Waals surface area (Å²) in [4.78, 5) is 4.36. The third kappa shape index (κ3) is 2.23. The number of hydrogen-bond acceptors (Lipinski definition) is 3. The molecule has 5 heteroatoms. The van der Waals surface area contributed by atoms with Crippen LogP contribution in [0.25, 0.3) is 10.9 Å². The predicted molar refractivity (Wildman–Crippen MR) is 79.0 cm³/mol. The molecule has 0 unspecified atom stereocenters. The summed E-state index contributed by atoms with van der Waals surface area (Å²) in [5.74, 6) is 0.752. The minimum atomic E-state index is 0.383. The summed E-state index contributed by atoms with van der Waals surface area (Å²) < 4.78 is 7.53. The van der Waals surface area contributed by atoms with Gasteiger partial charge >= 0.3 is 0 Å². The Morgan fingerprint density at radius 1 is 1.25 bits per heavy atom. The first-order chi connectivity index (χ1) is 9.66. The smallest absolute Gasteiger partial charge is 0.146 e. The van der Waals surface area contributed by atoms with Crippen LogP contribution in [-0.4, -0.2) is 14.8 Å². The molecular weight excluding hydrogens is 274 g/mol. The fourth-order valence-electron chi connectivity index (χ4n) is 2.18. The van der Waals surface area contributed by atoms with E-state index in [1.165, 1.54) is 0 Å². The van der Waals surface area contributed by atoms with E-state index >= 15 is 0 Å². The molecule has 0 saturated heterocycles. The van der Waals surface area contributed by atoms with Crippen LogP contribution >= 0.6 is 11.6 Å². The van der Waals surface area contributed by atoms with Crippen molar-refractivity contribution in [1.29, 1.82) is 0 Å². The van der Waals surface area contributed by atoms with Crippen LogP contribution in [0.3, 0.4) is 0 Å². The fourth-order valence-corrected chi connectivity index (χ4v) is 2.41. The summed E-state index contributed by atoms with van der Waals surface area (Å²) in [6.45, 7) is 2.31. The average Bonchev–Trinajstić information content (AvgIpc) is 2.70. The number of halogens is 1. The molecule has 0 N–H and O–H groups in total. The molecule has 0 fully saturated rings. The van der Waals surface area contributed by atoms with Gasteiger partial charge in [-0.25, -0.2) is 0 Å². The van der Waals surface area contributed by atoms with E-state index in [4.69, 9.17) is 16.3 Å². The zero-order valence-corrected chi connectivity index (χ0v) is 12.1. The first kappa shape index (κ1) is 12.9. The maximum Gasteiger partial charge on any atom is 0.146 e. The lowest BCUT2D eigenvalue weighted by Crippen LogP contribution is -1.98. The SMILES string of the molecule is Cc1nn(C)c(Cl)c1COc1cccc2cccnc12. The van der Waals surface area contributed by atoms with Gasteiger partial charge in [0.25, 0.3) is 0 Å². The Hall–Kier alpha value is -2.07. The number of fused-ring (bicyclic) bond motifs is 1. The van der Waals surface area contributed by atoms with Crippen LogP contribution < -0.4 is 4.74 Å². The van der Waals surface area contributed by atoms with Gasteiger partial charge in [0, 0.05) is 24.2 Å². The second-order valence-electron chi connectivity index (χ2n) is 4.60. The van der Waals surface area contributed by atoms with E-state index in [1.54, 1.807) is 10.9 Å². The maximum absolute atomic E-state index is 6.20. The molecule has 0 aliphatic rings. The molecule has 0 aliphatic heterocycles. The number of ether oxygens (including phenoxy) is 1. The molecule has 102 valence electrons. The van der Waals surface area contributed by atoms with Crippen LogP contribution in [0.2, 0.25) is 5.15 Å². The minimum absolute atomic E-state index is 0.383. The monoisotopic (exact) mass is 287 g/mol. The highest BCUT2D eigenvalue weighted by atomic mass is 35.5. The Morgan fingerprint density at radius 3 is 2.80 bits per heavy atom. The molecule has 0 aliphatic carbocycles. The number of pyridine rings is 1. The summed E-state index contributed by atoms with van der Waals surface area (Å²) in [5.41, 5.74) is 2.64. The van der Waals surface area contributed by atoms with Crippen LogP contribution in [-0.2, 0) is 13.7 Å². The predicted octanol–water partition coefficient (Wildman–Crippen LogP) is 3.51. The normalized spacial score (nSPS) is 10.9. The van der Waals surface area contributed by atoms with Crippen molar-refractivity contribution in [3.63, 3.8) is 0 Å². The number of benzene rings is 1. The lowest BCUT2D eigenvalue weighted by molar-refractivity contribution is 0.308. The summed E-state index contributed by atoms with van der Waals surface area (Å²) in [6, 6.07) is 9.80. The molecule has 4 nitrogen and oxygen atoms in total. The van der Waals surface area contributed by atoms with Gasteiger partial charge in [0.05, 0.1) is 5.69 Å². The number of para-hydroxylation sites is 1. The third-order valence-electron chi connectivity index (χ3n) is 3.24. The van der Waals surface area contributed by atoms with Crippen molar-refractivity contribution in [1.82, 2.24) is 14.8 Å². The van der Waals surface area contributed by atoms with Crippen molar-refractivity contribution >= 4 is 22.5 Å². The number of aromatic nitrogens is 3. The van der Waals surface area contributed by atoms with Crippen molar-refractivity contribution in [2.45, 2.75) is 13.5 Å². The maximum atomic E-state index is 6.20. The Balaban J connectivity index is 1.91. The molecule has 0 bridgehead atoms. The number of hydrogen-bond donors (Lipinski definition) is 0. The molecule has 3 aromatic rings. The third-order valence-corrected chi connectivity index (χ3v) is 3.71. The van der Waals surface area contributed by atoms with Gasteiger partial charge in [-0.05, 0) is 19.1 Å². The minimum Gasteiger partial charge on any atom is -0.486 e. The topological polar surface area (TPSA) is 39.9 Å². The average molecular weight is 288 g/mol. The zero-order valence-electron chi connectivity index (χ0n) is 11.3. The highest BCUT2D eigenvalue weighted by Crippen LogP contribution is 2.26. The second kappa shape index (κ2) is 5.13. The van der Waals surface area contributed by atoms with E-state index in [1.807, 2.05) is 44.3 Å². The zero-order chi connectivity index (χ0) is 14.1. The number of rotatable bonds is 3. The molecule has 1 aromatic carbocycles. The van der Waals surface area contributed by atoms with Crippen molar-refractivity contribution < 1.29 is 4.74 Å². The van der Waals surface area contributed by atoms with Gasteiger partial charge in [0.2, 0.25) is 0 Å². The van der Waals surface area contributed by atoms with Gasteiger partial charge in [-0.1, -0.05) is 29.8 Å². The van der Waals surface area contributed by atoms with E-state index in [0.717, 1.165) is 27.9 Å². The highest BCUT2D eigenvalue weighted by Gasteiger charge is 2.12. The summed E-state index contributed by atoms with van der Waals surface area (Å²) in [7, 11) is 1.82. The van der Waals surface area contributed by atoms with Gasteiger partial charge in [-0.15, -0.1) is 0 Å². The van der Waals surface area contributed by atoms with E-state index < -0.39 is 0 Å². The van der Waals surface area contributed by atoms with Gasteiger partial charge in [-0.2, -0.15) is 5.10 Å². The van der Waals surface area contributed by atoms with Gasteiger partial charge in [-0.3, -0.25) is 9.67 Å². The first-order valence-corrected chi connectivity index (χ1v) is 6.69. The molecule has 2 heterocycles. The van der Waals surface area contributed by atoms with E-state index in [0.29, 0.717) is 11.8 Å². The molecule has 20 heavy (non-hydrogen) atoms. The summed E-state index contributed by atoms with van der Waals surface area (Å²) >= 11 is 6.20. The molecule has 3 rings (SSSR count). The molecular formula is C15H14ClN3O. The number of aryl methyl sites for hydroxylation is 2. The second-order valence-corrected chi connectivity index (χ2v) is 4.96. The van der Waals surface area contributed by atoms with Crippen LogP contribution in [0, 0.1) is 6.92 Å². The van der Waals surface area contributed by atoms with Crippen molar-refractivity contribution in [2.24, 2.45) is 7.05 Å². The fraction of sp³-hybridized carbons (Fsp3) is 0.200. The van der Waals surface area contributed by atoms with E-state index in [2.05, 4.69) is 10.1 Å². The highest BCUT2D eigenvalue weighted by molar-refractivity contribution is 6.30. The van der Waals surface area contributed by atoms with Crippen LogP contribution in [0.15, 0.2) is 36.5 Å². The Kier molecular flexibility index (Phi) is 3.32. The van der Waals surface area contributed by atoms with E-state index in [-0.39, 0.29) is 0 Å². The Morgan fingerprint density at radius 2 is 2.05 bits per heavy atom. The van der Waals surface area contributed by atoms with Gasteiger partial charge < -0.3 is 4.74 Å². The lowest BCUT2D eigenvalue weighted by Gasteiger charge is -2.08. The molecule has 0 radical (unpaired) electrons. The van der Waals surface area contributed by atoms with Crippen molar-refractivity contribution in [3.8, 4) is 5.75 Å². The summed E-state index contributed by atoms with van der Waals surface area (Å²) in [5, 5.41) is 5.94. The van der Waals surface area contributed by atoms with Gasteiger partial charge in [0.1, 0.15) is 23.0 Å². The lowest BCUT2D eigenvalue weighted by atomic mass is 10.2. The van der Waals surface area contributed by atoms with Gasteiger partial charge in [0.15, 0.2) is 0 Å². The van der Waals surface area contributed by atoms with Crippen molar-refractivity contribution in [2.75, 3.05) is 0 Å². The van der Waals surface area contributed by atoms with E-state index in [9.17, 15) is 0 Å². The van der Waals surface area contributed by atoms with Crippen molar-refractivity contribution in [3.05, 3.63) is 52.9 Å². The standard InChI is InChI=1S/C15H14ClN3O/c1-10-12(15(16)19(2)18-10)9-20-13-7-3-5-11-6-4-8-17-14(11)13/h3-8H,9H2,1-2H3. The molecule has 0 spiro atoms. The van der Waals surface area contributed by atoms with Crippen LogP contribution in [0.1, 0.15) is 11.3 Å². The summed E-state index contributed by atoms with van der Waals surface area (Å²) in [6.07, 6.45) is 1.76.